The van der Waals surface area contributed by atoms with Gasteiger partial charge in [0.15, 0.2) is 5.96 Å². The maximum Gasteiger partial charge on any atom is 0.224 e. The van der Waals surface area contributed by atoms with Gasteiger partial charge in [0.25, 0.3) is 0 Å². The number of rotatable bonds is 5. The molecule has 1 aromatic carbocycles. The Morgan fingerprint density at radius 3 is 2.71 bits per heavy atom. The van der Waals surface area contributed by atoms with Gasteiger partial charge in [0.2, 0.25) is 5.91 Å². The summed E-state index contributed by atoms with van der Waals surface area (Å²) in [6.45, 7) is 6.73. The van der Waals surface area contributed by atoms with Crippen molar-refractivity contribution < 1.29 is 9.18 Å². The van der Waals surface area contributed by atoms with Crippen molar-refractivity contribution in [3.63, 3.8) is 0 Å². The van der Waals surface area contributed by atoms with E-state index in [9.17, 15) is 9.18 Å². The SMILES string of the molecule is CC(C)(C)NC(N)=NCCNC(=O)Cc1cccc(F)c1. The number of aliphatic imine (C=N–C) groups is 1. The summed E-state index contributed by atoms with van der Waals surface area (Å²) in [5, 5.41) is 5.74. The molecule has 5 nitrogen and oxygen atoms in total. The van der Waals surface area contributed by atoms with Crippen molar-refractivity contribution in [3.8, 4) is 0 Å². The minimum absolute atomic E-state index is 0.145. The number of carbonyl (C=O) groups is 1. The van der Waals surface area contributed by atoms with Gasteiger partial charge in [-0.05, 0) is 38.5 Å². The van der Waals surface area contributed by atoms with E-state index in [2.05, 4.69) is 15.6 Å². The third-order valence-corrected chi connectivity index (χ3v) is 2.47. The highest BCUT2D eigenvalue weighted by Gasteiger charge is 2.09. The molecule has 1 rings (SSSR count). The minimum atomic E-state index is -0.342. The molecule has 0 heterocycles. The average molecular weight is 294 g/mol. The van der Waals surface area contributed by atoms with Crippen molar-refractivity contribution in [2.75, 3.05) is 13.1 Å². The Morgan fingerprint density at radius 2 is 2.10 bits per heavy atom. The second-order valence-electron chi connectivity index (χ2n) is 5.80. The van der Waals surface area contributed by atoms with Crippen molar-refractivity contribution in [3.05, 3.63) is 35.6 Å². The number of halogens is 1. The molecule has 0 fully saturated rings. The molecule has 0 aromatic heterocycles. The monoisotopic (exact) mass is 294 g/mol. The second-order valence-corrected chi connectivity index (χ2v) is 5.80. The van der Waals surface area contributed by atoms with Crippen LogP contribution in [-0.2, 0) is 11.2 Å². The average Bonchev–Trinajstić information content (AvgIpc) is 2.32. The molecule has 116 valence electrons. The van der Waals surface area contributed by atoms with E-state index in [-0.39, 0.29) is 23.7 Å². The third kappa shape index (κ3) is 7.91. The number of amides is 1. The van der Waals surface area contributed by atoms with E-state index >= 15 is 0 Å². The molecule has 0 aliphatic rings. The fourth-order valence-corrected chi connectivity index (χ4v) is 1.69. The Balaban J connectivity index is 2.29. The third-order valence-electron chi connectivity index (χ3n) is 2.47. The number of hydrogen-bond donors (Lipinski definition) is 3. The molecule has 21 heavy (non-hydrogen) atoms. The Bertz CT molecular complexity index is 509. The normalized spacial score (nSPS) is 12.1. The predicted octanol–water partition coefficient (Wildman–Crippen LogP) is 1.19. The Morgan fingerprint density at radius 1 is 1.38 bits per heavy atom. The van der Waals surface area contributed by atoms with Gasteiger partial charge < -0.3 is 16.4 Å². The van der Waals surface area contributed by atoms with Gasteiger partial charge in [0.1, 0.15) is 5.82 Å². The first kappa shape index (κ1) is 16.9. The lowest BCUT2D eigenvalue weighted by Gasteiger charge is -2.20. The molecule has 1 aromatic rings. The van der Waals surface area contributed by atoms with Crippen molar-refractivity contribution in [2.45, 2.75) is 32.7 Å². The van der Waals surface area contributed by atoms with Crippen LogP contribution >= 0.6 is 0 Å². The van der Waals surface area contributed by atoms with E-state index in [1.807, 2.05) is 20.8 Å². The van der Waals surface area contributed by atoms with Gasteiger partial charge in [0, 0.05) is 12.1 Å². The van der Waals surface area contributed by atoms with Gasteiger partial charge in [-0.15, -0.1) is 0 Å². The summed E-state index contributed by atoms with van der Waals surface area (Å²) in [6.07, 6.45) is 0.150. The molecule has 0 radical (unpaired) electrons. The standard InChI is InChI=1S/C15H23FN4O/c1-15(2,3)20-14(17)19-8-7-18-13(21)10-11-5-4-6-12(16)9-11/h4-6,9H,7-8,10H2,1-3H3,(H,18,21)(H3,17,19,20). The molecule has 0 saturated heterocycles. The van der Waals surface area contributed by atoms with Crippen molar-refractivity contribution >= 4 is 11.9 Å². The van der Waals surface area contributed by atoms with Crippen LogP contribution in [0, 0.1) is 5.82 Å². The number of nitrogens with two attached hydrogens (primary N) is 1. The van der Waals surface area contributed by atoms with Gasteiger partial charge >= 0.3 is 0 Å². The quantitative estimate of drug-likeness (QED) is 0.433. The molecule has 6 heteroatoms. The minimum Gasteiger partial charge on any atom is -0.370 e. The van der Waals surface area contributed by atoms with Gasteiger partial charge in [0.05, 0.1) is 13.0 Å². The first-order valence-electron chi connectivity index (χ1n) is 6.85. The molecule has 0 spiro atoms. The lowest BCUT2D eigenvalue weighted by Crippen LogP contribution is -2.45. The molecular formula is C15H23FN4O. The summed E-state index contributed by atoms with van der Waals surface area (Å²) >= 11 is 0. The van der Waals surface area contributed by atoms with Crippen LogP contribution in [-0.4, -0.2) is 30.5 Å². The Kier molecular flexibility index (Phi) is 6.14. The van der Waals surface area contributed by atoms with E-state index < -0.39 is 0 Å². The maximum atomic E-state index is 13.0. The van der Waals surface area contributed by atoms with Crippen LogP contribution in [0.4, 0.5) is 4.39 Å². The van der Waals surface area contributed by atoms with Crippen molar-refractivity contribution in [1.82, 2.24) is 10.6 Å². The molecule has 1 amide bonds. The molecule has 0 saturated carbocycles. The van der Waals surface area contributed by atoms with Gasteiger partial charge in [-0.1, -0.05) is 12.1 Å². The van der Waals surface area contributed by atoms with Crippen LogP contribution in [0.1, 0.15) is 26.3 Å². The van der Waals surface area contributed by atoms with Crippen LogP contribution in [0.5, 0.6) is 0 Å². The molecule has 0 unspecified atom stereocenters. The molecule has 0 atom stereocenters. The fourth-order valence-electron chi connectivity index (χ4n) is 1.69. The number of guanidine groups is 1. The first-order valence-corrected chi connectivity index (χ1v) is 6.85. The lowest BCUT2D eigenvalue weighted by molar-refractivity contribution is -0.120. The van der Waals surface area contributed by atoms with Crippen molar-refractivity contribution in [2.24, 2.45) is 10.7 Å². The zero-order chi connectivity index (χ0) is 15.9. The van der Waals surface area contributed by atoms with Crippen molar-refractivity contribution in [1.29, 1.82) is 0 Å². The fraction of sp³-hybridized carbons (Fsp3) is 0.467. The largest absolute Gasteiger partial charge is 0.370 e. The van der Waals surface area contributed by atoms with Crippen LogP contribution in [0.2, 0.25) is 0 Å². The molecule has 0 bridgehead atoms. The van der Waals surface area contributed by atoms with Crippen LogP contribution in [0.3, 0.4) is 0 Å². The van der Waals surface area contributed by atoms with E-state index in [4.69, 9.17) is 5.73 Å². The summed E-state index contributed by atoms with van der Waals surface area (Å²) < 4.78 is 13.0. The number of benzene rings is 1. The zero-order valence-electron chi connectivity index (χ0n) is 12.7. The smallest absolute Gasteiger partial charge is 0.224 e. The highest BCUT2D eigenvalue weighted by molar-refractivity contribution is 5.79. The van der Waals surface area contributed by atoms with E-state index in [0.717, 1.165) is 0 Å². The molecular weight excluding hydrogens is 271 g/mol. The summed E-state index contributed by atoms with van der Waals surface area (Å²) in [5.74, 6) is -0.161. The van der Waals surface area contributed by atoms with Crippen LogP contribution in [0.25, 0.3) is 0 Å². The van der Waals surface area contributed by atoms with Crippen LogP contribution < -0.4 is 16.4 Å². The first-order chi connectivity index (χ1) is 9.76. The Hall–Kier alpha value is -2.11. The molecule has 4 N–H and O–H groups in total. The predicted molar refractivity (Wildman–Crippen MR) is 82.5 cm³/mol. The van der Waals surface area contributed by atoms with Gasteiger partial charge in [-0.2, -0.15) is 0 Å². The van der Waals surface area contributed by atoms with E-state index in [1.54, 1.807) is 12.1 Å². The number of carbonyl (C=O) groups excluding carboxylic acids is 1. The zero-order valence-corrected chi connectivity index (χ0v) is 12.7. The molecule has 0 aliphatic heterocycles. The summed E-state index contributed by atoms with van der Waals surface area (Å²) in [6, 6.07) is 6.00. The highest BCUT2D eigenvalue weighted by atomic mass is 19.1. The number of hydrogen-bond acceptors (Lipinski definition) is 2. The van der Waals surface area contributed by atoms with E-state index in [0.29, 0.717) is 24.6 Å². The lowest BCUT2D eigenvalue weighted by atomic mass is 10.1. The number of nitrogens with one attached hydrogen (secondary N) is 2. The summed E-state index contributed by atoms with van der Waals surface area (Å²) in [5.41, 5.74) is 6.20. The Labute approximate surface area is 124 Å². The topological polar surface area (TPSA) is 79.5 Å². The van der Waals surface area contributed by atoms with Gasteiger partial charge in [-0.3, -0.25) is 9.79 Å². The maximum absolute atomic E-state index is 13.0. The highest BCUT2D eigenvalue weighted by Crippen LogP contribution is 2.03. The number of nitrogens with zero attached hydrogens (tertiary/aromatic N) is 1. The second kappa shape index (κ2) is 7.61. The summed E-state index contributed by atoms with van der Waals surface area (Å²) in [7, 11) is 0. The summed E-state index contributed by atoms with van der Waals surface area (Å²) in [4.78, 5) is 15.8. The molecule has 0 aliphatic carbocycles. The van der Waals surface area contributed by atoms with Gasteiger partial charge in [-0.25, -0.2) is 4.39 Å². The van der Waals surface area contributed by atoms with E-state index in [1.165, 1.54) is 12.1 Å². The van der Waals surface area contributed by atoms with Crippen LogP contribution in [0.15, 0.2) is 29.3 Å².